The Bertz CT molecular complexity index is 674. The molecule has 0 saturated carbocycles. The molecule has 0 spiro atoms. The molecule has 5 heteroatoms. The molecule has 0 fully saturated rings. The van der Waals surface area contributed by atoms with E-state index in [1.54, 1.807) is 13.0 Å². The van der Waals surface area contributed by atoms with Crippen molar-refractivity contribution in [1.82, 2.24) is 9.88 Å². The predicted octanol–water partition coefficient (Wildman–Crippen LogP) is 2.10. The third-order valence-corrected chi connectivity index (χ3v) is 3.81. The molecule has 2 aromatic rings. The van der Waals surface area contributed by atoms with Crippen molar-refractivity contribution in [3.05, 3.63) is 46.7 Å². The molecule has 0 aliphatic rings. The van der Waals surface area contributed by atoms with Gasteiger partial charge in [-0.05, 0) is 44.5 Å². The van der Waals surface area contributed by atoms with Crippen LogP contribution in [-0.4, -0.2) is 16.2 Å². The van der Waals surface area contributed by atoms with E-state index < -0.39 is 5.60 Å². The summed E-state index contributed by atoms with van der Waals surface area (Å²) in [5, 5.41) is 22.7. The number of aromatic nitrogens is 1. The Hall–Kier alpha value is -2.03. The Morgan fingerprint density at radius 3 is 2.67 bits per heavy atom. The van der Waals surface area contributed by atoms with E-state index >= 15 is 0 Å². The first-order valence-corrected chi connectivity index (χ1v) is 6.90. The van der Waals surface area contributed by atoms with E-state index in [1.807, 2.05) is 37.6 Å². The average molecular weight is 287 g/mol. The summed E-state index contributed by atoms with van der Waals surface area (Å²) in [6.07, 6.45) is 0. The number of aliphatic hydroxyl groups is 1. The molecule has 2 rings (SSSR count). The number of furan rings is 1. The Morgan fingerprint density at radius 2 is 2.14 bits per heavy atom. The molecule has 2 heterocycles. The lowest BCUT2D eigenvalue weighted by Crippen LogP contribution is -2.34. The first-order valence-electron chi connectivity index (χ1n) is 6.90. The van der Waals surface area contributed by atoms with Crippen LogP contribution in [0.3, 0.4) is 0 Å². The Balaban J connectivity index is 2.00. The summed E-state index contributed by atoms with van der Waals surface area (Å²) in [6.45, 7) is 6.51. The summed E-state index contributed by atoms with van der Waals surface area (Å²) in [5.74, 6) is 1.33. The van der Waals surface area contributed by atoms with Crippen LogP contribution in [0.2, 0.25) is 0 Å². The maximum Gasteiger partial charge on any atom is 0.136 e. The van der Waals surface area contributed by atoms with Gasteiger partial charge in [-0.25, -0.2) is 0 Å². The Labute approximate surface area is 124 Å². The topological polar surface area (TPSA) is 74.1 Å². The second-order valence-electron chi connectivity index (χ2n) is 5.60. The van der Waals surface area contributed by atoms with Crippen molar-refractivity contribution >= 4 is 0 Å². The predicted molar refractivity (Wildman–Crippen MR) is 79.6 cm³/mol. The molecule has 2 aromatic heterocycles. The van der Waals surface area contributed by atoms with Crippen LogP contribution in [0.25, 0.3) is 0 Å². The number of nitrogens with zero attached hydrogens (tertiary/aromatic N) is 2. The van der Waals surface area contributed by atoms with Crippen molar-refractivity contribution in [2.75, 3.05) is 6.54 Å². The fourth-order valence-electron chi connectivity index (χ4n) is 2.30. The normalized spacial score (nSPS) is 13.9. The van der Waals surface area contributed by atoms with Gasteiger partial charge in [0.2, 0.25) is 0 Å². The third kappa shape index (κ3) is 3.18. The van der Waals surface area contributed by atoms with Crippen molar-refractivity contribution in [2.45, 2.75) is 32.9 Å². The summed E-state index contributed by atoms with van der Waals surface area (Å²) in [4.78, 5) is 0. The lowest BCUT2D eigenvalue weighted by atomic mass is 10.0. The maximum atomic E-state index is 10.4. The minimum atomic E-state index is -1.06. The van der Waals surface area contributed by atoms with Crippen LogP contribution in [0.1, 0.15) is 35.4 Å². The van der Waals surface area contributed by atoms with Gasteiger partial charge in [-0.3, -0.25) is 0 Å². The summed E-state index contributed by atoms with van der Waals surface area (Å²) in [7, 11) is 1.87. The van der Waals surface area contributed by atoms with E-state index in [4.69, 9.17) is 9.68 Å². The zero-order valence-electron chi connectivity index (χ0n) is 12.9. The number of rotatable bonds is 5. The molecule has 2 N–H and O–H groups in total. The number of hydrogen-bond donors (Lipinski definition) is 2. The summed E-state index contributed by atoms with van der Waals surface area (Å²) in [6, 6.07) is 7.66. The standard InChI is InChI=1S/C16H21N3O2/c1-11-5-6-15(21-11)16(3,20)10-18-9-13-7-14(8-17)19(4)12(13)2/h5-7,18,20H,9-10H2,1-4H3. The van der Waals surface area contributed by atoms with E-state index in [0.717, 1.165) is 17.0 Å². The number of nitriles is 1. The fraction of sp³-hybridized carbons (Fsp3) is 0.438. The smallest absolute Gasteiger partial charge is 0.136 e. The number of hydrogen-bond acceptors (Lipinski definition) is 4. The Kier molecular flexibility index (Phi) is 4.21. The van der Waals surface area contributed by atoms with Crippen LogP contribution in [-0.2, 0) is 19.2 Å². The molecule has 112 valence electrons. The van der Waals surface area contributed by atoms with Gasteiger partial charge in [0.05, 0.1) is 0 Å². The zero-order chi connectivity index (χ0) is 15.6. The fourth-order valence-corrected chi connectivity index (χ4v) is 2.30. The molecule has 0 aromatic carbocycles. The minimum absolute atomic E-state index is 0.371. The average Bonchev–Trinajstić information content (AvgIpc) is 2.98. The molecule has 1 atom stereocenters. The third-order valence-electron chi connectivity index (χ3n) is 3.81. The summed E-state index contributed by atoms with van der Waals surface area (Å²) >= 11 is 0. The lowest BCUT2D eigenvalue weighted by molar-refractivity contribution is 0.0332. The molecule has 5 nitrogen and oxygen atoms in total. The first kappa shape index (κ1) is 15.4. The van der Waals surface area contributed by atoms with E-state index in [1.165, 1.54) is 0 Å². The van der Waals surface area contributed by atoms with Gasteiger partial charge in [0, 0.05) is 25.8 Å². The molecular formula is C16H21N3O2. The number of aryl methyl sites for hydroxylation is 1. The van der Waals surface area contributed by atoms with Crippen molar-refractivity contribution in [3.8, 4) is 6.07 Å². The van der Waals surface area contributed by atoms with E-state index in [9.17, 15) is 5.11 Å². The molecule has 0 aliphatic carbocycles. The quantitative estimate of drug-likeness (QED) is 0.883. The Morgan fingerprint density at radius 1 is 1.43 bits per heavy atom. The van der Waals surface area contributed by atoms with Crippen LogP contribution < -0.4 is 5.32 Å². The van der Waals surface area contributed by atoms with E-state index in [-0.39, 0.29) is 0 Å². The van der Waals surface area contributed by atoms with Gasteiger partial charge >= 0.3 is 0 Å². The molecule has 0 aliphatic heterocycles. The van der Waals surface area contributed by atoms with Crippen molar-refractivity contribution < 1.29 is 9.52 Å². The molecule has 0 amide bonds. The number of nitrogens with one attached hydrogen (secondary N) is 1. The van der Waals surface area contributed by atoms with Crippen LogP contribution in [0, 0.1) is 25.2 Å². The van der Waals surface area contributed by atoms with Crippen molar-refractivity contribution in [3.63, 3.8) is 0 Å². The van der Waals surface area contributed by atoms with Crippen LogP contribution in [0.15, 0.2) is 22.6 Å². The van der Waals surface area contributed by atoms with Crippen molar-refractivity contribution in [2.24, 2.45) is 7.05 Å². The van der Waals surface area contributed by atoms with Gasteiger partial charge in [-0.2, -0.15) is 5.26 Å². The van der Waals surface area contributed by atoms with Gasteiger partial charge in [-0.15, -0.1) is 0 Å². The molecule has 0 bridgehead atoms. The highest BCUT2D eigenvalue weighted by Crippen LogP contribution is 2.22. The van der Waals surface area contributed by atoms with Gasteiger partial charge in [0.1, 0.15) is 28.9 Å². The highest BCUT2D eigenvalue weighted by Gasteiger charge is 2.26. The van der Waals surface area contributed by atoms with E-state index in [2.05, 4.69) is 11.4 Å². The lowest BCUT2D eigenvalue weighted by Gasteiger charge is -2.21. The van der Waals surface area contributed by atoms with Gasteiger partial charge in [-0.1, -0.05) is 0 Å². The molecule has 0 saturated heterocycles. The largest absolute Gasteiger partial charge is 0.463 e. The first-order chi connectivity index (χ1) is 9.85. The molecular weight excluding hydrogens is 266 g/mol. The highest BCUT2D eigenvalue weighted by molar-refractivity contribution is 5.34. The SMILES string of the molecule is Cc1ccc(C(C)(O)CNCc2cc(C#N)n(C)c2C)o1. The highest BCUT2D eigenvalue weighted by atomic mass is 16.4. The molecule has 0 radical (unpaired) electrons. The van der Waals surface area contributed by atoms with Gasteiger partial charge < -0.3 is 19.4 Å². The van der Waals surface area contributed by atoms with Gasteiger partial charge in [0.15, 0.2) is 0 Å². The second kappa shape index (κ2) is 5.76. The van der Waals surface area contributed by atoms with Crippen LogP contribution in [0.4, 0.5) is 0 Å². The van der Waals surface area contributed by atoms with Crippen molar-refractivity contribution in [1.29, 1.82) is 5.26 Å². The molecule has 1 unspecified atom stereocenters. The summed E-state index contributed by atoms with van der Waals surface area (Å²) in [5.41, 5.74) is 1.68. The zero-order valence-corrected chi connectivity index (χ0v) is 12.9. The molecule has 21 heavy (non-hydrogen) atoms. The summed E-state index contributed by atoms with van der Waals surface area (Å²) < 4.78 is 7.34. The van der Waals surface area contributed by atoms with Crippen LogP contribution >= 0.6 is 0 Å². The van der Waals surface area contributed by atoms with Gasteiger partial charge in [0.25, 0.3) is 0 Å². The second-order valence-corrected chi connectivity index (χ2v) is 5.60. The van der Waals surface area contributed by atoms with Crippen LogP contribution in [0.5, 0.6) is 0 Å². The monoisotopic (exact) mass is 287 g/mol. The van der Waals surface area contributed by atoms with E-state index in [0.29, 0.717) is 24.5 Å². The maximum absolute atomic E-state index is 10.4. The minimum Gasteiger partial charge on any atom is -0.463 e.